The summed E-state index contributed by atoms with van der Waals surface area (Å²) < 4.78 is 33.2. The molecule has 0 saturated heterocycles. The molecule has 0 atom stereocenters. The van der Waals surface area contributed by atoms with Crippen molar-refractivity contribution in [1.82, 2.24) is 4.98 Å². The first-order chi connectivity index (χ1) is 9.74. The van der Waals surface area contributed by atoms with Gasteiger partial charge in [0, 0.05) is 5.02 Å². The third kappa shape index (κ3) is 3.62. The van der Waals surface area contributed by atoms with Gasteiger partial charge in [-0.1, -0.05) is 34.5 Å². The predicted octanol–water partition coefficient (Wildman–Crippen LogP) is 4.33. The Labute approximate surface area is 144 Å². The fourth-order valence-corrected chi connectivity index (χ4v) is 5.40. The lowest BCUT2D eigenvalue weighted by Gasteiger charge is -2.13. The number of aromatic nitrogens is 1. The van der Waals surface area contributed by atoms with Gasteiger partial charge < -0.3 is 4.74 Å². The summed E-state index contributed by atoms with van der Waals surface area (Å²) >= 11 is 15.8. The van der Waals surface area contributed by atoms with Crippen LogP contribution >= 0.6 is 50.5 Å². The van der Waals surface area contributed by atoms with Crippen LogP contribution < -0.4 is 9.46 Å². The third-order valence-corrected chi connectivity index (χ3v) is 6.47. The van der Waals surface area contributed by atoms with E-state index >= 15 is 0 Å². The molecule has 0 amide bonds. The van der Waals surface area contributed by atoms with Gasteiger partial charge in [-0.3, -0.25) is 4.72 Å². The van der Waals surface area contributed by atoms with Gasteiger partial charge in [-0.25, -0.2) is 13.4 Å². The molecule has 0 aliphatic rings. The van der Waals surface area contributed by atoms with Crippen molar-refractivity contribution in [3.8, 4) is 5.75 Å². The fraction of sp³-hybridized carbons (Fsp3) is 0.182. The highest BCUT2D eigenvalue weighted by Crippen LogP contribution is 2.38. The molecular formula is C11H9BrCl2N2O3S2. The van der Waals surface area contributed by atoms with Gasteiger partial charge in [0.2, 0.25) is 0 Å². The number of hydrogen-bond donors (Lipinski definition) is 1. The minimum absolute atomic E-state index is 0.0469. The molecule has 1 aromatic carbocycles. The topological polar surface area (TPSA) is 68.3 Å². The van der Waals surface area contributed by atoms with E-state index in [9.17, 15) is 8.42 Å². The van der Waals surface area contributed by atoms with Crippen molar-refractivity contribution >= 4 is 66.2 Å². The van der Waals surface area contributed by atoms with E-state index in [1.807, 2.05) is 0 Å². The van der Waals surface area contributed by atoms with E-state index in [1.165, 1.54) is 13.2 Å². The number of methoxy groups -OCH3 is 1. The van der Waals surface area contributed by atoms with Crippen molar-refractivity contribution in [3.63, 3.8) is 0 Å². The first kappa shape index (κ1) is 16.8. The van der Waals surface area contributed by atoms with E-state index in [2.05, 4.69) is 25.6 Å². The van der Waals surface area contributed by atoms with Crippen molar-refractivity contribution in [1.29, 1.82) is 0 Å². The van der Waals surface area contributed by atoms with Crippen molar-refractivity contribution in [3.05, 3.63) is 31.8 Å². The van der Waals surface area contributed by atoms with Crippen LogP contribution in [0.5, 0.6) is 5.75 Å². The van der Waals surface area contributed by atoms with Gasteiger partial charge in [-0.05, 0) is 35.0 Å². The number of ether oxygens (including phenoxy) is 1. The maximum absolute atomic E-state index is 12.4. The van der Waals surface area contributed by atoms with Crippen LogP contribution in [-0.4, -0.2) is 20.5 Å². The van der Waals surface area contributed by atoms with Gasteiger partial charge in [-0.15, -0.1) is 0 Å². The fourth-order valence-electron chi connectivity index (χ4n) is 1.63. The highest BCUT2D eigenvalue weighted by Gasteiger charge is 2.23. The van der Waals surface area contributed by atoms with Crippen molar-refractivity contribution in [2.24, 2.45) is 0 Å². The van der Waals surface area contributed by atoms with Gasteiger partial charge in [-0.2, -0.15) is 0 Å². The molecule has 0 radical (unpaired) electrons. The Kier molecular flexibility index (Phi) is 5.04. The van der Waals surface area contributed by atoms with Crippen LogP contribution in [-0.2, 0) is 10.0 Å². The SMILES string of the molecule is COc1c(Br)cc(Cl)cc1NS(=O)(=O)c1sc(Cl)nc1C. The number of aryl methyl sites for hydroxylation is 1. The van der Waals surface area contributed by atoms with E-state index in [0.717, 1.165) is 11.3 Å². The second kappa shape index (κ2) is 6.29. The molecule has 0 bridgehead atoms. The molecule has 0 aliphatic carbocycles. The summed E-state index contributed by atoms with van der Waals surface area (Å²) in [6, 6.07) is 3.06. The Hall–Kier alpha value is -0.540. The second-order valence-corrected chi connectivity index (χ2v) is 8.66. The number of hydrogen-bond acceptors (Lipinski definition) is 5. The summed E-state index contributed by atoms with van der Waals surface area (Å²) in [4.78, 5) is 3.89. The number of nitrogens with zero attached hydrogens (tertiary/aromatic N) is 1. The van der Waals surface area contributed by atoms with Crippen LogP contribution in [0.4, 0.5) is 5.69 Å². The van der Waals surface area contributed by atoms with Crippen LogP contribution in [0.3, 0.4) is 0 Å². The van der Waals surface area contributed by atoms with E-state index in [-0.39, 0.29) is 14.4 Å². The molecule has 0 unspecified atom stereocenters. The molecule has 114 valence electrons. The van der Waals surface area contributed by atoms with Gasteiger partial charge in [0.15, 0.2) is 14.4 Å². The molecule has 5 nitrogen and oxygen atoms in total. The van der Waals surface area contributed by atoms with Gasteiger partial charge in [0.1, 0.15) is 0 Å². The monoisotopic (exact) mass is 430 g/mol. The third-order valence-electron chi connectivity index (χ3n) is 2.43. The molecule has 0 saturated carbocycles. The number of anilines is 1. The minimum atomic E-state index is -3.83. The summed E-state index contributed by atoms with van der Waals surface area (Å²) in [6.07, 6.45) is 0. The molecule has 10 heteroatoms. The summed E-state index contributed by atoms with van der Waals surface area (Å²) in [5.74, 6) is 0.330. The molecule has 1 aromatic heterocycles. The summed E-state index contributed by atoms with van der Waals surface area (Å²) in [6.45, 7) is 1.57. The number of thiazole rings is 1. The maximum Gasteiger partial charge on any atom is 0.273 e. The Morgan fingerprint density at radius 1 is 1.38 bits per heavy atom. The lowest BCUT2D eigenvalue weighted by atomic mass is 10.3. The van der Waals surface area contributed by atoms with Crippen LogP contribution in [0.25, 0.3) is 0 Å². The summed E-state index contributed by atoms with van der Waals surface area (Å²) in [5.41, 5.74) is 0.554. The number of rotatable bonds is 4. The first-order valence-corrected chi connectivity index (χ1v) is 9.28. The second-order valence-electron chi connectivity index (χ2n) is 3.91. The zero-order valence-corrected chi connectivity index (χ0v) is 15.5. The van der Waals surface area contributed by atoms with Crippen LogP contribution in [0, 0.1) is 6.92 Å². The molecule has 1 N–H and O–H groups in total. The Bertz CT molecular complexity index is 793. The molecule has 0 aliphatic heterocycles. The number of nitrogens with one attached hydrogen (secondary N) is 1. The van der Waals surface area contributed by atoms with Crippen LogP contribution in [0.15, 0.2) is 20.8 Å². The van der Waals surface area contributed by atoms with Gasteiger partial charge >= 0.3 is 0 Å². The Morgan fingerprint density at radius 2 is 2.05 bits per heavy atom. The standard InChI is InChI=1S/C11H9BrCl2N2O3S2/c1-5-10(20-11(14)15-5)21(17,18)16-8-4-6(13)3-7(12)9(8)19-2/h3-4,16H,1-2H3. The Morgan fingerprint density at radius 3 is 2.57 bits per heavy atom. The van der Waals surface area contributed by atoms with E-state index in [4.69, 9.17) is 27.9 Å². The molecule has 1 heterocycles. The normalized spacial score (nSPS) is 11.5. The predicted molar refractivity (Wildman–Crippen MR) is 88.4 cm³/mol. The lowest BCUT2D eigenvalue weighted by Crippen LogP contribution is -2.13. The number of sulfonamides is 1. The zero-order chi connectivity index (χ0) is 15.8. The first-order valence-electron chi connectivity index (χ1n) is 5.43. The van der Waals surface area contributed by atoms with Crippen molar-refractivity contribution in [2.45, 2.75) is 11.1 Å². The van der Waals surface area contributed by atoms with E-state index in [0.29, 0.717) is 20.9 Å². The molecule has 2 rings (SSSR count). The lowest BCUT2D eigenvalue weighted by molar-refractivity contribution is 0.414. The largest absolute Gasteiger partial charge is 0.493 e. The van der Waals surface area contributed by atoms with E-state index in [1.54, 1.807) is 13.0 Å². The highest BCUT2D eigenvalue weighted by molar-refractivity contribution is 9.10. The molecule has 21 heavy (non-hydrogen) atoms. The van der Waals surface area contributed by atoms with Crippen LogP contribution in [0.1, 0.15) is 5.69 Å². The quantitative estimate of drug-likeness (QED) is 0.781. The van der Waals surface area contributed by atoms with Crippen molar-refractivity contribution in [2.75, 3.05) is 11.8 Å². The van der Waals surface area contributed by atoms with Crippen molar-refractivity contribution < 1.29 is 13.2 Å². The molecular weight excluding hydrogens is 423 g/mol. The van der Waals surface area contributed by atoms with Crippen LogP contribution in [0.2, 0.25) is 9.49 Å². The maximum atomic E-state index is 12.4. The molecule has 0 spiro atoms. The van der Waals surface area contributed by atoms with Gasteiger partial charge in [0.05, 0.1) is 23.0 Å². The zero-order valence-electron chi connectivity index (χ0n) is 10.8. The molecule has 0 fully saturated rings. The highest BCUT2D eigenvalue weighted by atomic mass is 79.9. The number of benzene rings is 1. The van der Waals surface area contributed by atoms with E-state index < -0.39 is 10.0 Å². The molecule has 2 aromatic rings. The minimum Gasteiger partial charge on any atom is -0.493 e. The smallest absolute Gasteiger partial charge is 0.273 e. The number of halogens is 3. The Balaban J connectivity index is 2.49. The average molecular weight is 432 g/mol. The summed E-state index contributed by atoms with van der Waals surface area (Å²) in [5, 5.41) is 0.361. The van der Waals surface area contributed by atoms with Gasteiger partial charge in [0.25, 0.3) is 10.0 Å². The summed E-state index contributed by atoms with van der Waals surface area (Å²) in [7, 11) is -2.40. The average Bonchev–Trinajstić information content (AvgIpc) is 2.68.